The fourth-order valence-corrected chi connectivity index (χ4v) is 2.42. The van der Waals surface area contributed by atoms with Gasteiger partial charge in [-0.25, -0.2) is 4.79 Å². The molecule has 0 aromatic carbocycles. The molecule has 2 N–H and O–H groups in total. The minimum absolute atomic E-state index is 0.454. The number of rotatable bonds is 3. The maximum absolute atomic E-state index is 12.8. The Balaban J connectivity index is 2.97. The number of amides is 1. The highest BCUT2D eigenvalue weighted by Gasteiger charge is 2.70. The summed E-state index contributed by atoms with van der Waals surface area (Å²) in [4.78, 5) is 22.8. The summed E-state index contributed by atoms with van der Waals surface area (Å²) in [5.74, 6) is -3.64. The van der Waals surface area contributed by atoms with Gasteiger partial charge in [0.05, 0.1) is 0 Å². The summed E-state index contributed by atoms with van der Waals surface area (Å²) in [5.41, 5.74) is -4.18. The van der Waals surface area contributed by atoms with Gasteiger partial charge < -0.3 is 10.4 Å². The van der Waals surface area contributed by atoms with Crippen LogP contribution in [0.25, 0.3) is 0 Å². The first-order valence-electron chi connectivity index (χ1n) is 5.81. The predicted octanol–water partition coefficient (Wildman–Crippen LogP) is 2.19. The number of nitrogens with one attached hydrogen (secondary N) is 1. The van der Waals surface area contributed by atoms with Crippen molar-refractivity contribution in [3.8, 4) is 0 Å². The van der Waals surface area contributed by atoms with Crippen molar-refractivity contribution in [2.24, 2.45) is 16.7 Å². The molecule has 7 heteroatoms. The Bertz CT molecular complexity index is 414. The van der Waals surface area contributed by atoms with Gasteiger partial charge in [0.15, 0.2) is 0 Å². The maximum Gasteiger partial charge on any atom is 0.422 e. The van der Waals surface area contributed by atoms with Crippen molar-refractivity contribution >= 4 is 11.9 Å². The van der Waals surface area contributed by atoms with E-state index in [9.17, 15) is 22.8 Å². The zero-order valence-corrected chi connectivity index (χ0v) is 11.5. The van der Waals surface area contributed by atoms with E-state index in [4.69, 9.17) is 5.11 Å². The first-order valence-corrected chi connectivity index (χ1v) is 5.81. The van der Waals surface area contributed by atoms with Gasteiger partial charge in [-0.2, -0.15) is 13.2 Å². The number of alkyl halides is 3. The summed E-state index contributed by atoms with van der Waals surface area (Å²) >= 11 is 0. The van der Waals surface area contributed by atoms with Crippen molar-refractivity contribution in [2.75, 3.05) is 0 Å². The van der Waals surface area contributed by atoms with Crippen molar-refractivity contribution < 1.29 is 27.9 Å². The molecular weight excluding hydrogens is 263 g/mol. The maximum atomic E-state index is 12.8. The average molecular weight is 281 g/mol. The minimum atomic E-state index is -5.06. The standard InChI is InChI=1S/C12H18F3NO3/c1-9(2)6(10(9,3)4)7(17)16-11(5,8(18)19)12(13,14)15/h6H,1-5H3,(H,16,17)(H,18,19). The number of hydrogen-bond donors (Lipinski definition) is 2. The summed E-state index contributed by atoms with van der Waals surface area (Å²) < 4.78 is 38.4. The van der Waals surface area contributed by atoms with Gasteiger partial charge in [-0.1, -0.05) is 27.7 Å². The van der Waals surface area contributed by atoms with Crippen LogP contribution < -0.4 is 5.32 Å². The van der Waals surface area contributed by atoms with E-state index in [1.165, 1.54) is 0 Å². The topological polar surface area (TPSA) is 66.4 Å². The van der Waals surface area contributed by atoms with Crippen LogP contribution in [0.5, 0.6) is 0 Å². The zero-order valence-electron chi connectivity index (χ0n) is 11.5. The summed E-state index contributed by atoms with van der Waals surface area (Å²) in [6.45, 7) is 7.52. The Labute approximate surface area is 109 Å². The van der Waals surface area contributed by atoms with Crippen molar-refractivity contribution in [1.82, 2.24) is 5.32 Å². The third kappa shape index (κ3) is 2.08. The number of carboxylic acids is 1. The van der Waals surface area contributed by atoms with Crippen LogP contribution in [0.3, 0.4) is 0 Å². The van der Waals surface area contributed by atoms with Crippen LogP contribution in [0.2, 0.25) is 0 Å². The summed E-state index contributed by atoms with van der Waals surface area (Å²) in [6, 6.07) is 0. The molecule has 1 unspecified atom stereocenters. The van der Waals surface area contributed by atoms with E-state index in [1.807, 2.05) is 0 Å². The lowest BCUT2D eigenvalue weighted by Crippen LogP contribution is -2.62. The average Bonchev–Trinajstić information content (AvgIpc) is 2.54. The quantitative estimate of drug-likeness (QED) is 0.833. The second-order valence-electron chi connectivity index (χ2n) is 6.29. The van der Waals surface area contributed by atoms with Gasteiger partial charge in [0.25, 0.3) is 0 Å². The lowest BCUT2D eigenvalue weighted by atomic mass is 10.0. The number of carboxylic acid groups (broad SMARTS) is 1. The molecule has 0 radical (unpaired) electrons. The third-order valence-electron chi connectivity index (χ3n) is 4.65. The van der Waals surface area contributed by atoms with Crippen molar-refractivity contribution in [3.63, 3.8) is 0 Å². The lowest BCUT2D eigenvalue weighted by molar-refractivity contribution is -0.207. The van der Waals surface area contributed by atoms with Crippen LogP contribution in [-0.4, -0.2) is 28.7 Å². The Morgan fingerprint density at radius 3 is 1.68 bits per heavy atom. The molecule has 1 rings (SSSR count). The van der Waals surface area contributed by atoms with E-state index in [1.54, 1.807) is 33.0 Å². The molecule has 0 aliphatic heterocycles. The first kappa shape index (κ1) is 15.8. The van der Waals surface area contributed by atoms with Gasteiger partial charge in [-0.3, -0.25) is 4.79 Å². The molecule has 1 atom stereocenters. The largest absolute Gasteiger partial charge is 0.479 e. The second-order valence-corrected chi connectivity index (χ2v) is 6.29. The van der Waals surface area contributed by atoms with E-state index >= 15 is 0 Å². The molecule has 110 valence electrons. The normalized spacial score (nSPS) is 24.4. The fraction of sp³-hybridized carbons (Fsp3) is 0.833. The van der Waals surface area contributed by atoms with Crippen LogP contribution in [0.4, 0.5) is 13.2 Å². The molecule has 0 aromatic rings. The molecule has 1 saturated carbocycles. The minimum Gasteiger partial charge on any atom is -0.479 e. The summed E-state index contributed by atoms with van der Waals surface area (Å²) in [6.07, 6.45) is -5.06. The second kappa shape index (κ2) is 3.86. The Morgan fingerprint density at radius 2 is 1.47 bits per heavy atom. The Kier molecular flexibility index (Phi) is 3.21. The number of aliphatic carboxylic acids is 1. The zero-order chi connectivity index (χ0) is 15.4. The van der Waals surface area contributed by atoms with Crippen molar-refractivity contribution in [1.29, 1.82) is 0 Å². The summed E-state index contributed by atoms with van der Waals surface area (Å²) in [7, 11) is 0. The fourth-order valence-electron chi connectivity index (χ4n) is 2.42. The van der Waals surface area contributed by atoms with E-state index in [0.717, 1.165) is 0 Å². The lowest BCUT2D eigenvalue weighted by Gasteiger charge is -2.29. The van der Waals surface area contributed by atoms with Crippen LogP contribution in [0.15, 0.2) is 0 Å². The Hall–Kier alpha value is -1.27. The van der Waals surface area contributed by atoms with Gasteiger partial charge >= 0.3 is 12.1 Å². The van der Waals surface area contributed by atoms with Crippen LogP contribution in [0.1, 0.15) is 34.6 Å². The van der Waals surface area contributed by atoms with Crippen LogP contribution in [0, 0.1) is 16.7 Å². The molecule has 0 aromatic heterocycles. The highest BCUT2D eigenvalue weighted by Crippen LogP contribution is 2.68. The van der Waals surface area contributed by atoms with Gasteiger partial charge in [0.1, 0.15) is 0 Å². The van der Waals surface area contributed by atoms with Gasteiger partial charge in [0, 0.05) is 5.92 Å². The molecule has 1 aliphatic carbocycles. The van der Waals surface area contributed by atoms with Gasteiger partial charge in [-0.15, -0.1) is 0 Å². The number of hydrogen-bond acceptors (Lipinski definition) is 2. The van der Waals surface area contributed by atoms with Crippen LogP contribution in [-0.2, 0) is 9.59 Å². The highest BCUT2D eigenvalue weighted by molar-refractivity contribution is 5.91. The van der Waals surface area contributed by atoms with E-state index in [0.29, 0.717) is 6.92 Å². The molecule has 19 heavy (non-hydrogen) atoms. The van der Waals surface area contributed by atoms with E-state index < -0.39 is 40.3 Å². The molecule has 0 bridgehead atoms. The van der Waals surface area contributed by atoms with Gasteiger partial charge in [-0.05, 0) is 17.8 Å². The van der Waals surface area contributed by atoms with E-state index in [-0.39, 0.29) is 0 Å². The third-order valence-corrected chi connectivity index (χ3v) is 4.65. The molecule has 0 saturated heterocycles. The summed E-state index contributed by atoms with van der Waals surface area (Å²) in [5, 5.41) is 10.4. The van der Waals surface area contributed by atoms with Gasteiger partial charge in [0.2, 0.25) is 11.4 Å². The molecule has 4 nitrogen and oxygen atoms in total. The van der Waals surface area contributed by atoms with Crippen molar-refractivity contribution in [3.05, 3.63) is 0 Å². The highest BCUT2D eigenvalue weighted by atomic mass is 19.4. The monoisotopic (exact) mass is 281 g/mol. The Morgan fingerprint density at radius 1 is 1.11 bits per heavy atom. The first-order chi connectivity index (χ1) is 8.19. The number of halogens is 3. The van der Waals surface area contributed by atoms with Crippen molar-refractivity contribution in [2.45, 2.75) is 46.3 Å². The number of carbonyl (C=O) groups is 2. The predicted molar refractivity (Wildman–Crippen MR) is 61.3 cm³/mol. The molecule has 0 spiro atoms. The molecule has 0 heterocycles. The SMILES string of the molecule is CC(NC(=O)C1C(C)(C)C1(C)C)(C(=O)O)C(F)(F)F. The smallest absolute Gasteiger partial charge is 0.422 e. The van der Waals surface area contributed by atoms with Crippen LogP contribution >= 0.6 is 0 Å². The molecule has 1 amide bonds. The number of carbonyl (C=O) groups excluding carboxylic acids is 1. The van der Waals surface area contributed by atoms with E-state index in [2.05, 4.69) is 0 Å². The molecular formula is C12H18F3NO3. The molecule has 1 fully saturated rings. The molecule has 1 aliphatic rings.